The first kappa shape index (κ1) is 12.4. The summed E-state index contributed by atoms with van der Waals surface area (Å²) in [7, 11) is 3.22. The number of benzene rings is 1. The maximum absolute atomic E-state index is 11.9. The van der Waals surface area contributed by atoms with Crippen LogP contribution in [0.25, 0.3) is 0 Å². The van der Waals surface area contributed by atoms with Gasteiger partial charge in [-0.2, -0.15) is 0 Å². The Morgan fingerprint density at radius 3 is 2.50 bits per heavy atom. The highest BCUT2D eigenvalue weighted by molar-refractivity contribution is 5.97. The highest BCUT2D eigenvalue weighted by Crippen LogP contribution is 2.24. The summed E-state index contributed by atoms with van der Waals surface area (Å²) in [6.07, 6.45) is 0. The Labute approximate surface area is 95.5 Å². The van der Waals surface area contributed by atoms with Crippen molar-refractivity contribution in [2.45, 2.75) is 19.9 Å². The molecule has 1 aromatic carbocycles. The van der Waals surface area contributed by atoms with E-state index in [2.05, 4.69) is 0 Å². The number of ether oxygens (including phenoxy) is 1. The Morgan fingerprint density at radius 2 is 2.06 bits per heavy atom. The van der Waals surface area contributed by atoms with Gasteiger partial charge in [-0.3, -0.25) is 4.79 Å². The van der Waals surface area contributed by atoms with Crippen molar-refractivity contribution in [2.75, 3.05) is 14.2 Å². The highest BCUT2D eigenvalue weighted by atomic mass is 16.5. The van der Waals surface area contributed by atoms with Gasteiger partial charge in [-0.25, -0.2) is 0 Å². The summed E-state index contributed by atoms with van der Waals surface area (Å²) in [5.74, 6) is 0.272. The van der Waals surface area contributed by atoms with Crippen LogP contribution in [0.5, 0.6) is 11.5 Å². The lowest BCUT2D eigenvalue weighted by molar-refractivity contribution is 0.0752. The van der Waals surface area contributed by atoms with Crippen molar-refractivity contribution < 1.29 is 14.6 Å². The van der Waals surface area contributed by atoms with E-state index in [9.17, 15) is 9.90 Å². The van der Waals surface area contributed by atoms with Crippen molar-refractivity contribution >= 4 is 5.91 Å². The summed E-state index contributed by atoms with van der Waals surface area (Å²) >= 11 is 0. The van der Waals surface area contributed by atoms with Crippen molar-refractivity contribution in [3.63, 3.8) is 0 Å². The third kappa shape index (κ3) is 2.45. The maximum Gasteiger partial charge on any atom is 0.257 e. The van der Waals surface area contributed by atoms with Crippen LogP contribution in [-0.4, -0.2) is 36.1 Å². The number of rotatable bonds is 3. The molecular weight excluding hydrogens is 206 g/mol. The minimum absolute atomic E-state index is 0.0585. The zero-order valence-electron chi connectivity index (χ0n) is 10.0. The molecule has 0 saturated carbocycles. The van der Waals surface area contributed by atoms with Gasteiger partial charge in [0.05, 0.1) is 12.7 Å². The zero-order valence-corrected chi connectivity index (χ0v) is 10.0. The second kappa shape index (κ2) is 4.88. The smallest absolute Gasteiger partial charge is 0.257 e. The fourth-order valence-corrected chi connectivity index (χ4v) is 1.24. The van der Waals surface area contributed by atoms with Gasteiger partial charge in [0.25, 0.3) is 5.91 Å². The number of nitrogens with zero attached hydrogens (tertiary/aromatic N) is 1. The second-order valence-corrected chi connectivity index (χ2v) is 3.89. The van der Waals surface area contributed by atoms with Gasteiger partial charge < -0.3 is 14.7 Å². The predicted molar refractivity (Wildman–Crippen MR) is 61.9 cm³/mol. The number of carbonyl (C=O) groups is 1. The summed E-state index contributed by atoms with van der Waals surface area (Å²) in [6, 6.07) is 4.74. The van der Waals surface area contributed by atoms with Gasteiger partial charge in [0.15, 0.2) is 0 Å². The fraction of sp³-hybridized carbons (Fsp3) is 0.417. The third-order valence-electron chi connectivity index (χ3n) is 2.53. The van der Waals surface area contributed by atoms with Gasteiger partial charge in [0.1, 0.15) is 11.5 Å². The molecular formula is C12H17NO3. The molecule has 1 amide bonds. The summed E-state index contributed by atoms with van der Waals surface area (Å²) in [5.41, 5.74) is 0.289. The van der Waals surface area contributed by atoms with Gasteiger partial charge in [-0.05, 0) is 26.0 Å². The average Bonchev–Trinajstić information content (AvgIpc) is 2.26. The van der Waals surface area contributed by atoms with Crippen LogP contribution in [0.4, 0.5) is 0 Å². The predicted octanol–water partition coefficient (Wildman–Crippen LogP) is 1.88. The number of hydrogen-bond acceptors (Lipinski definition) is 3. The minimum Gasteiger partial charge on any atom is -0.507 e. The molecule has 0 aliphatic carbocycles. The molecule has 16 heavy (non-hydrogen) atoms. The summed E-state index contributed by atoms with van der Waals surface area (Å²) in [6.45, 7) is 3.83. The van der Waals surface area contributed by atoms with Crippen molar-refractivity contribution in [2.24, 2.45) is 0 Å². The highest BCUT2D eigenvalue weighted by Gasteiger charge is 2.17. The molecule has 0 aliphatic heterocycles. The molecule has 0 radical (unpaired) electrons. The zero-order chi connectivity index (χ0) is 12.3. The summed E-state index contributed by atoms with van der Waals surface area (Å²) < 4.78 is 4.95. The number of phenolic OH excluding ortho intramolecular Hbond substituents is 1. The Balaban J connectivity index is 3.01. The van der Waals surface area contributed by atoms with Crippen molar-refractivity contribution in [1.82, 2.24) is 4.90 Å². The minimum atomic E-state index is -0.199. The van der Waals surface area contributed by atoms with Crippen LogP contribution >= 0.6 is 0 Å². The molecule has 0 aromatic heterocycles. The number of phenols is 1. The van der Waals surface area contributed by atoms with Gasteiger partial charge >= 0.3 is 0 Å². The lowest BCUT2D eigenvalue weighted by Gasteiger charge is -2.21. The van der Waals surface area contributed by atoms with E-state index < -0.39 is 0 Å². The number of amides is 1. The van der Waals surface area contributed by atoms with Crippen LogP contribution in [-0.2, 0) is 0 Å². The SMILES string of the molecule is COc1ccc(C(=O)N(C)C(C)C)c(O)c1. The van der Waals surface area contributed by atoms with E-state index in [4.69, 9.17) is 4.74 Å². The van der Waals surface area contributed by atoms with Crippen molar-refractivity contribution in [3.05, 3.63) is 23.8 Å². The normalized spacial score (nSPS) is 10.3. The lowest BCUT2D eigenvalue weighted by atomic mass is 10.1. The maximum atomic E-state index is 11.9. The largest absolute Gasteiger partial charge is 0.507 e. The number of methoxy groups -OCH3 is 1. The standard InChI is InChI=1S/C12H17NO3/c1-8(2)13(3)12(15)10-6-5-9(16-4)7-11(10)14/h5-8,14H,1-4H3. The molecule has 88 valence electrons. The second-order valence-electron chi connectivity index (χ2n) is 3.89. The quantitative estimate of drug-likeness (QED) is 0.851. The van der Waals surface area contributed by atoms with Gasteiger partial charge in [-0.15, -0.1) is 0 Å². The van der Waals surface area contributed by atoms with Gasteiger partial charge in [-0.1, -0.05) is 0 Å². The van der Waals surface area contributed by atoms with E-state index in [1.165, 1.54) is 13.2 Å². The van der Waals surface area contributed by atoms with Crippen LogP contribution in [0.15, 0.2) is 18.2 Å². The number of aromatic hydroxyl groups is 1. The molecule has 0 saturated heterocycles. The third-order valence-corrected chi connectivity index (χ3v) is 2.53. The Bertz CT molecular complexity index is 388. The summed E-state index contributed by atoms with van der Waals surface area (Å²) in [5, 5.41) is 9.70. The molecule has 4 nitrogen and oxygen atoms in total. The van der Waals surface area contributed by atoms with E-state index in [-0.39, 0.29) is 23.3 Å². The van der Waals surface area contributed by atoms with E-state index in [0.29, 0.717) is 5.75 Å². The van der Waals surface area contributed by atoms with E-state index in [1.807, 2.05) is 13.8 Å². The molecule has 1 aromatic rings. The van der Waals surface area contributed by atoms with Crippen LogP contribution < -0.4 is 4.74 Å². The first-order chi connectivity index (χ1) is 7.47. The number of hydrogen-bond donors (Lipinski definition) is 1. The van der Waals surface area contributed by atoms with E-state index in [0.717, 1.165) is 0 Å². The van der Waals surface area contributed by atoms with Crippen LogP contribution in [0.3, 0.4) is 0 Å². The van der Waals surface area contributed by atoms with Gasteiger partial charge in [0.2, 0.25) is 0 Å². The Kier molecular flexibility index (Phi) is 3.77. The molecule has 0 spiro atoms. The lowest BCUT2D eigenvalue weighted by Crippen LogP contribution is -2.32. The molecule has 1 rings (SSSR count). The molecule has 1 N–H and O–H groups in total. The monoisotopic (exact) mass is 223 g/mol. The average molecular weight is 223 g/mol. The molecule has 0 unspecified atom stereocenters. The molecule has 0 aliphatic rings. The van der Waals surface area contributed by atoms with Crippen LogP contribution in [0.2, 0.25) is 0 Å². The van der Waals surface area contributed by atoms with E-state index >= 15 is 0 Å². The first-order valence-corrected chi connectivity index (χ1v) is 5.11. The van der Waals surface area contributed by atoms with Gasteiger partial charge in [0, 0.05) is 19.2 Å². The molecule has 0 atom stereocenters. The van der Waals surface area contributed by atoms with Crippen LogP contribution in [0.1, 0.15) is 24.2 Å². The Morgan fingerprint density at radius 1 is 1.44 bits per heavy atom. The molecule has 0 fully saturated rings. The topological polar surface area (TPSA) is 49.8 Å². The van der Waals surface area contributed by atoms with E-state index in [1.54, 1.807) is 24.1 Å². The molecule has 0 heterocycles. The summed E-state index contributed by atoms with van der Waals surface area (Å²) in [4.78, 5) is 13.5. The Hall–Kier alpha value is -1.71. The molecule has 0 bridgehead atoms. The fourth-order valence-electron chi connectivity index (χ4n) is 1.24. The number of carbonyl (C=O) groups excluding carboxylic acids is 1. The van der Waals surface area contributed by atoms with Crippen LogP contribution in [0, 0.1) is 0 Å². The van der Waals surface area contributed by atoms with Crippen molar-refractivity contribution in [3.8, 4) is 11.5 Å². The molecule has 4 heteroatoms. The first-order valence-electron chi connectivity index (χ1n) is 5.11. The van der Waals surface area contributed by atoms with Crippen molar-refractivity contribution in [1.29, 1.82) is 0 Å².